The maximum Gasteiger partial charge on any atom is 0.336 e. The Labute approximate surface area is 172 Å². The largest absolute Gasteiger partial charge is 0.497 e. The molecular weight excluding hydrogens is 390 g/mol. The van der Waals surface area contributed by atoms with Gasteiger partial charge < -0.3 is 24.3 Å². The molecule has 3 aromatic rings. The van der Waals surface area contributed by atoms with Crippen molar-refractivity contribution in [2.75, 3.05) is 20.3 Å². The summed E-state index contributed by atoms with van der Waals surface area (Å²) in [5.41, 5.74) is 1.39. The number of rotatable bonds is 9. The van der Waals surface area contributed by atoms with Gasteiger partial charge in [-0.2, -0.15) is 0 Å². The van der Waals surface area contributed by atoms with E-state index in [0.717, 1.165) is 10.9 Å². The highest BCUT2D eigenvalue weighted by Gasteiger charge is 2.10. The summed E-state index contributed by atoms with van der Waals surface area (Å²) >= 11 is 0. The molecule has 0 fully saturated rings. The zero-order chi connectivity index (χ0) is 21.5. The normalized spacial score (nSPS) is 10.6. The number of amides is 1. The van der Waals surface area contributed by atoms with Gasteiger partial charge in [-0.3, -0.25) is 9.59 Å². The third-order valence-electron chi connectivity index (χ3n) is 4.38. The van der Waals surface area contributed by atoms with Crippen molar-refractivity contribution in [1.29, 1.82) is 0 Å². The first-order valence-corrected chi connectivity index (χ1v) is 9.30. The molecule has 8 nitrogen and oxygen atoms in total. The first kappa shape index (κ1) is 20.9. The van der Waals surface area contributed by atoms with E-state index in [4.69, 9.17) is 19.0 Å². The van der Waals surface area contributed by atoms with E-state index in [-0.39, 0.29) is 25.5 Å². The second kappa shape index (κ2) is 9.60. The lowest BCUT2D eigenvalue weighted by atomic mass is 10.0. The minimum atomic E-state index is -0.910. The molecule has 0 bridgehead atoms. The lowest BCUT2D eigenvalue weighted by molar-refractivity contribution is -0.137. The van der Waals surface area contributed by atoms with Gasteiger partial charge in [-0.25, -0.2) is 4.79 Å². The van der Waals surface area contributed by atoms with Gasteiger partial charge in [0.1, 0.15) is 17.1 Å². The van der Waals surface area contributed by atoms with Crippen molar-refractivity contribution in [3.8, 4) is 22.6 Å². The summed E-state index contributed by atoms with van der Waals surface area (Å²) in [6.07, 6.45) is 0.331. The topological polar surface area (TPSA) is 115 Å². The Morgan fingerprint density at radius 2 is 1.80 bits per heavy atom. The monoisotopic (exact) mass is 411 g/mol. The zero-order valence-corrected chi connectivity index (χ0v) is 16.3. The van der Waals surface area contributed by atoms with Gasteiger partial charge in [-0.15, -0.1) is 0 Å². The molecular formula is C22H21NO7. The molecule has 0 radical (unpaired) electrons. The van der Waals surface area contributed by atoms with Crippen LogP contribution in [0.2, 0.25) is 0 Å². The fourth-order valence-corrected chi connectivity index (χ4v) is 2.91. The summed E-state index contributed by atoms with van der Waals surface area (Å²) in [7, 11) is 1.58. The van der Waals surface area contributed by atoms with Crippen LogP contribution in [0.15, 0.2) is 57.7 Å². The van der Waals surface area contributed by atoms with E-state index in [9.17, 15) is 14.4 Å². The number of aliphatic carboxylic acids is 1. The number of carbonyl (C=O) groups excluding carboxylic acids is 1. The average Bonchev–Trinajstić information content (AvgIpc) is 2.74. The Morgan fingerprint density at radius 1 is 1.07 bits per heavy atom. The van der Waals surface area contributed by atoms with E-state index < -0.39 is 11.6 Å². The van der Waals surface area contributed by atoms with Gasteiger partial charge in [0.15, 0.2) is 6.61 Å². The summed E-state index contributed by atoms with van der Waals surface area (Å²) in [4.78, 5) is 34.3. The van der Waals surface area contributed by atoms with E-state index in [2.05, 4.69) is 5.32 Å². The van der Waals surface area contributed by atoms with Crippen molar-refractivity contribution >= 4 is 22.8 Å². The number of methoxy groups -OCH3 is 1. The lowest BCUT2D eigenvalue weighted by Crippen LogP contribution is -2.29. The quantitative estimate of drug-likeness (QED) is 0.411. The molecule has 0 aliphatic carbocycles. The number of nitrogens with one attached hydrogen (secondary N) is 1. The van der Waals surface area contributed by atoms with E-state index >= 15 is 0 Å². The summed E-state index contributed by atoms with van der Waals surface area (Å²) in [6, 6.07) is 13.8. The van der Waals surface area contributed by atoms with Gasteiger partial charge in [0.05, 0.1) is 7.11 Å². The van der Waals surface area contributed by atoms with Gasteiger partial charge in [0, 0.05) is 30.5 Å². The Morgan fingerprint density at radius 3 is 2.50 bits per heavy atom. The predicted molar refractivity (Wildman–Crippen MR) is 110 cm³/mol. The van der Waals surface area contributed by atoms with Crippen molar-refractivity contribution in [2.24, 2.45) is 0 Å². The Hall–Kier alpha value is -3.81. The maximum absolute atomic E-state index is 12.0. The number of benzene rings is 2. The highest BCUT2D eigenvalue weighted by molar-refractivity contribution is 5.93. The van der Waals surface area contributed by atoms with E-state index in [1.807, 2.05) is 24.3 Å². The highest BCUT2D eigenvalue weighted by atomic mass is 16.5. The molecule has 0 spiro atoms. The first-order chi connectivity index (χ1) is 14.5. The molecule has 2 aromatic carbocycles. The van der Waals surface area contributed by atoms with Crippen molar-refractivity contribution in [2.45, 2.75) is 12.8 Å². The molecule has 1 heterocycles. The summed E-state index contributed by atoms with van der Waals surface area (Å²) in [5.74, 6) is -0.192. The third kappa shape index (κ3) is 5.38. The van der Waals surface area contributed by atoms with Crippen molar-refractivity contribution in [3.05, 3.63) is 59.0 Å². The van der Waals surface area contributed by atoms with Crippen molar-refractivity contribution < 1.29 is 28.6 Å². The average molecular weight is 411 g/mol. The van der Waals surface area contributed by atoms with E-state index in [1.54, 1.807) is 25.3 Å². The van der Waals surface area contributed by atoms with Crippen LogP contribution in [-0.4, -0.2) is 37.2 Å². The summed E-state index contributed by atoms with van der Waals surface area (Å²) in [6.45, 7) is 0.0211. The number of fused-ring (bicyclic) bond motifs is 1. The fraction of sp³-hybridized carbons (Fsp3) is 0.227. The van der Waals surface area contributed by atoms with Gasteiger partial charge in [-0.1, -0.05) is 12.1 Å². The number of ether oxygens (including phenoxy) is 2. The van der Waals surface area contributed by atoms with Crippen LogP contribution in [0.1, 0.15) is 12.8 Å². The zero-order valence-electron chi connectivity index (χ0n) is 16.3. The molecule has 0 saturated heterocycles. The number of hydrogen-bond donors (Lipinski definition) is 2. The molecule has 30 heavy (non-hydrogen) atoms. The van der Waals surface area contributed by atoms with Crippen LogP contribution >= 0.6 is 0 Å². The predicted octanol–water partition coefficient (Wildman–Crippen LogP) is 2.83. The van der Waals surface area contributed by atoms with Crippen molar-refractivity contribution in [3.63, 3.8) is 0 Å². The molecule has 0 saturated carbocycles. The molecule has 156 valence electrons. The first-order valence-electron chi connectivity index (χ1n) is 9.30. The maximum atomic E-state index is 12.0. The van der Waals surface area contributed by atoms with Crippen LogP contribution < -0.4 is 20.4 Å². The molecule has 0 unspecified atom stereocenters. The Balaban J connectivity index is 1.72. The smallest absolute Gasteiger partial charge is 0.336 e. The number of carboxylic acid groups (broad SMARTS) is 1. The van der Waals surface area contributed by atoms with Gasteiger partial charge >= 0.3 is 11.6 Å². The van der Waals surface area contributed by atoms with Crippen LogP contribution in [0.25, 0.3) is 22.1 Å². The second-order valence-electron chi connectivity index (χ2n) is 6.50. The Kier molecular flexibility index (Phi) is 6.69. The van der Waals surface area contributed by atoms with Crippen LogP contribution in [0.5, 0.6) is 11.5 Å². The molecule has 0 atom stereocenters. The molecule has 8 heteroatoms. The number of hydrogen-bond acceptors (Lipinski definition) is 6. The van der Waals surface area contributed by atoms with Crippen LogP contribution in [0.3, 0.4) is 0 Å². The van der Waals surface area contributed by atoms with Crippen LogP contribution in [0.4, 0.5) is 0 Å². The lowest BCUT2D eigenvalue weighted by Gasteiger charge is -2.10. The molecule has 0 aliphatic rings. The minimum Gasteiger partial charge on any atom is -0.497 e. The standard InChI is InChI=1S/C22H21NO7/c1-28-15-6-4-14(5-7-15)18-12-22(27)30-19-11-16(8-9-17(18)19)29-13-20(24)23-10-2-3-21(25)26/h4-9,11-12H,2-3,10,13H2,1H3,(H,23,24)(H,25,26). The molecule has 1 amide bonds. The van der Waals surface area contributed by atoms with Gasteiger partial charge in [0.2, 0.25) is 0 Å². The van der Waals surface area contributed by atoms with Gasteiger partial charge in [0.25, 0.3) is 5.91 Å². The molecule has 3 rings (SSSR count). The summed E-state index contributed by atoms with van der Waals surface area (Å²) in [5, 5.41) is 11.9. The fourth-order valence-electron chi connectivity index (χ4n) is 2.91. The summed E-state index contributed by atoms with van der Waals surface area (Å²) < 4.78 is 15.9. The highest BCUT2D eigenvalue weighted by Crippen LogP contribution is 2.30. The number of carboxylic acids is 1. The molecule has 1 aromatic heterocycles. The third-order valence-corrected chi connectivity index (χ3v) is 4.38. The van der Waals surface area contributed by atoms with E-state index in [0.29, 0.717) is 29.1 Å². The SMILES string of the molecule is COc1ccc(-c2cc(=O)oc3cc(OCC(=O)NCCCC(=O)O)ccc23)cc1. The van der Waals surface area contributed by atoms with Crippen molar-refractivity contribution in [1.82, 2.24) is 5.32 Å². The van der Waals surface area contributed by atoms with Gasteiger partial charge in [-0.05, 0) is 41.8 Å². The van der Waals surface area contributed by atoms with Crippen LogP contribution in [-0.2, 0) is 9.59 Å². The minimum absolute atomic E-state index is 0.0125. The van der Waals surface area contributed by atoms with E-state index in [1.165, 1.54) is 6.07 Å². The van der Waals surface area contributed by atoms with Crippen LogP contribution in [0, 0.1) is 0 Å². The molecule has 2 N–H and O–H groups in total. The molecule has 0 aliphatic heterocycles. The Bertz CT molecular complexity index is 1100. The second-order valence-corrected chi connectivity index (χ2v) is 6.50. The number of carbonyl (C=O) groups is 2.